The molecule has 2 aliphatic rings. The van der Waals surface area contributed by atoms with E-state index >= 15 is 4.39 Å². The summed E-state index contributed by atoms with van der Waals surface area (Å²) in [7, 11) is 1.55. The predicted molar refractivity (Wildman–Crippen MR) is 144 cm³/mol. The summed E-state index contributed by atoms with van der Waals surface area (Å²) in [6.45, 7) is 6.16. The van der Waals surface area contributed by atoms with Crippen LogP contribution in [0.5, 0.6) is 5.75 Å². The highest BCUT2D eigenvalue weighted by atomic mass is 19.1. The van der Waals surface area contributed by atoms with Gasteiger partial charge in [-0.05, 0) is 62.4 Å². The quantitative estimate of drug-likeness (QED) is 0.368. The van der Waals surface area contributed by atoms with Gasteiger partial charge in [-0.3, -0.25) is 9.20 Å². The molecule has 0 bridgehead atoms. The fourth-order valence-electron chi connectivity index (χ4n) is 5.40. The van der Waals surface area contributed by atoms with Crippen molar-refractivity contribution in [3.05, 3.63) is 65.5 Å². The Morgan fingerprint density at radius 1 is 1.18 bits per heavy atom. The van der Waals surface area contributed by atoms with E-state index in [1.54, 1.807) is 55.6 Å². The molecule has 0 radical (unpaired) electrons. The van der Waals surface area contributed by atoms with Crippen LogP contribution in [0.2, 0.25) is 0 Å². The number of hydrogen-bond donors (Lipinski definition) is 1. The minimum atomic E-state index is -1.51. The van der Waals surface area contributed by atoms with Crippen molar-refractivity contribution in [2.75, 3.05) is 26.7 Å². The maximum absolute atomic E-state index is 16.3. The zero-order valence-corrected chi connectivity index (χ0v) is 22.4. The zero-order chi connectivity index (χ0) is 27.3. The van der Waals surface area contributed by atoms with Gasteiger partial charge in [-0.1, -0.05) is 6.92 Å². The number of halogens is 2. The zero-order valence-electron chi connectivity index (χ0n) is 22.4. The van der Waals surface area contributed by atoms with Gasteiger partial charge in [0.25, 0.3) is 5.91 Å². The van der Waals surface area contributed by atoms with Crippen molar-refractivity contribution in [2.24, 2.45) is 0 Å². The largest absolute Gasteiger partial charge is 0.496 e. The first-order chi connectivity index (χ1) is 18.8. The number of aryl methyl sites for hydroxylation is 1. The van der Waals surface area contributed by atoms with Crippen molar-refractivity contribution in [1.29, 1.82) is 0 Å². The van der Waals surface area contributed by atoms with Crippen molar-refractivity contribution >= 4 is 11.6 Å². The van der Waals surface area contributed by atoms with Crippen LogP contribution >= 0.6 is 0 Å². The van der Waals surface area contributed by atoms with Gasteiger partial charge in [-0.2, -0.15) is 5.10 Å². The summed E-state index contributed by atoms with van der Waals surface area (Å²) in [6, 6.07) is 4.85. The summed E-state index contributed by atoms with van der Waals surface area (Å²) in [6.07, 6.45) is 9.54. The van der Waals surface area contributed by atoms with Crippen molar-refractivity contribution < 1.29 is 18.3 Å². The summed E-state index contributed by atoms with van der Waals surface area (Å²) in [4.78, 5) is 19.4. The van der Waals surface area contributed by atoms with Gasteiger partial charge in [0.15, 0.2) is 5.82 Å². The topological polar surface area (TPSA) is 76.7 Å². The Kier molecular flexibility index (Phi) is 6.37. The molecule has 4 heterocycles. The van der Waals surface area contributed by atoms with Crippen LogP contribution < -0.4 is 10.1 Å². The Morgan fingerprint density at radius 3 is 2.64 bits per heavy atom. The number of pyridine rings is 1. The van der Waals surface area contributed by atoms with E-state index in [0.29, 0.717) is 59.8 Å². The maximum atomic E-state index is 16.3. The third-order valence-corrected chi connectivity index (χ3v) is 7.99. The number of carbonyl (C=O) groups is 1. The van der Waals surface area contributed by atoms with Crippen LogP contribution in [0.3, 0.4) is 0 Å². The number of rotatable bonds is 7. The molecule has 1 N–H and O–H groups in total. The van der Waals surface area contributed by atoms with Crippen LogP contribution in [0.25, 0.3) is 22.6 Å². The Morgan fingerprint density at radius 2 is 1.95 bits per heavy atom. The first kappa shape index (κ1) is 25.5. The van der Waals surface area contributed by atoms with Crippen LogP contribution in [0.15, 0.2) is 43.0 Å². The summed E-state index contributed by atoms with van der Waals surface area (Å²) in [5.74, 6) is 0.153. The van der Waals surface area contributed by atoms with Crippen molar-refractivity contribution in [1.82, 2.24) is 29.4 Å². The number of fused-ring (bicyclic) bond motifs is 1. The lowest BCUT2D eigenvalue weighted by Crippen LogP contribution is -2.40. The summed E-state index contributed by atoms with van der Waals surface area (Å²) in [5, 5.41) is 7.39. The highest BCUT2D eigenvalue weighted by molar-refractivity contribution is 5.96. The standard InChI is InChI=1S/C29H32F2N6O2/c1-4-35-9-7-29(31,8-10-35)23-17-36-26(13-25(23)39-3)32-15-27(36)37-16-19(14-33-37)21-12-22(24(30)11-18(21)2)28(38)34-20-5-6-20/h11-17,20H,4-10H2,1-3H3,(H,34,38). The molecule has 3 aromatic heterocycles. The van der Waals surface area contributed by atoms with Gasteiger partial charge in [-0.25, -0.2) is 18.4 Å². The van der Waals surface area contributed by atoms with Crippen LogP contribution in [0.4, 0.5) is 8.78 Å². The molecule has 10 heteroatoms. The van der Waals surface area contributed by atoms with E-state index in [-0.39, 0.29) is 11.6 Å². The Bertz CT molecular complexity index is 1550. The number of imidazole rings is 1. The molecule has 1 saturated carbocycles. The number of aromatic nitrogens is 4. The number of methoxy groups -OCH3 is 1. The number of carbonyl (C=O) groups excluding carboxylic acids is 1. The number of piperidine rings is 1. The normalized spacial score (nSPS) is 17.5. The lowest BCUT2D eigenvalue weighted by atomic mass is 9.86. The van der Waals surface area contributed by atoms with Gasteiger partial charge in [-0.15, -0.1) is 0 Å². The second-order valence-corrected chi connectivity index (χ2v) is 10.6. The third-order valence-electron chi connectivity index (χ3n) is 7.99. The lowest BCUT2D eigenvalue weighted by molar-refractivity contribution is 0.0559. The van der Waals surface area contributed by atoms with Crippen LogP contribution in [0, 0.1) is 12.7 Å². The number of amides is 1. The molecule has 204 valence electrons. The number of ether oxygens (including phenoxy) is 1. The average Bonchev–Trinajstić information content (AvgIpc) is 3.44. The van der Waals surface area contributed by atoms with E-state index in [1.165, 1.54) is 6.07 Å². The molecule has 1 amide bonds. The minimum Gasteiger partial charge on any atom is -0.496 e. The lowest BCUT2D eigenvalue weighted by Gasteiger charge is -2.36. The monoisotopic (exact) mass is 534 g/mol. The fraction of sp³-hybridized carbons (Fsp3) is 0.414. The molecule has 6 rings (SSSR count). The first-order valence-corrected chi connectivity index (χ1v) is 13.4. The molecule has 0 atom stereocenters. The number of benzene rings is 1. The van der Waals surface area contributed by atoms with E-state index in [1.807, 2.05) is 4.40 Å². The molecule has 4 aromatic rings. The summed E-state index contributed by atoms with van der Waals surface area (Å²) < 4.78 is 40.0. The molecule has 1 aliphatic heterocycles. The average molecular weight is 535 g/mol. The molecule has 1 aliphatic carbocycles. The van der Waals surface area contributed by atoms with Crippen molar-refractivity contribution in [2.45, 2.75) is 51.2 Å². The Balaban J connectivity index is 1.36. The smallest absolute Gasteiger partial charge is 0.254 e. The van der Waals surface area contributed by atoms with Crippen LogP contribution in [-0.2, 0) is 5.67 Å². The van der Waals surface area contributed by atoms with Gasteiger partial charge in [0.05, 0.1) is 25.1 Å². The van der Waals surface area contributed by atoms with Crippen LogP contribution in [-0.4, -0.2) is 62.8 Å². The molecule has 0 unspecified atom stereocenters. The SMILES string of the molecule is CCN1CCC(F)(c2cn3c(-n4cc(-c5cc(C(=O)NC6CC6)c(F)cc5C)cn4)cnc3cc2OC)CC1. The van der Waals surface area contributed by atoms with Crippen LogP contribution in [0.1, 0.15) is 54.1 Å². The number of nitrogens with one attached hydrogen (secondary N) is 1. The molecular weight excluding hydrogens is 502 g/mol. The van der Waals surface area contributed by atoms with Gasteiger partial charge in [0.1, 0.15) is 22.9 Å². The number of hydrogen-bond acceptors (Lipinski definition) is 5. The van der Waals surface area contributed by atoms with Crippen molar-refractivity contribution in [3.8, 4) is 22.7 Å². The third kappa shape index (κ3) is 4.67. The molecule has 39 heavy (non-hydrogen) atoms. The van der Waals surface area contributed by atoms with Gasteiger partial charge >= 0.3 is 0 Å². The molecule has 2 fully saturated rings. The molecule has 0 spiro atoms. The number of nitrogens with zero attached hydrogens (tertiary/aromatic N) is 5. The Labute approximate surface area is 225 Å². The number of alkyl halides is 1. The summed E-state index contributed by atoms with van der Waals surface area (Å²) in [5.41, 5.74) is 1.75. The van der Waals surface area contributed by atoms with E-state index in [0.717, 1.165) is 24.9 Å². The highest BCUT2D eigenvalue weighted by Crippen LogP contribution is 2.42. The molecular formula is C29H32F2N6O2. The number of likely N-dealkylation sites (tertiary alicyclic amines) is 1. The second-order valence-electron chi connectivity index (χ2n) is 10.6. The fourth-order valence-corrected chi connectivity index (χ4v) is 5.40. The molecule has 1 aromatic carbocycles. The maximum Gasteiger partial charge on any atom is 0.254 e. The minimum absolute atomic E-state index is 0.0177. The van der Waals surface area contributed by atoms with E-state index in [4.69, 9.17) is 4.74 Å². The Hall–Kier alpha value is -3.79. The van der Waals surface area contributed by atoms with E-state index < -0.39 is 17.4 Å². The second kappa shape index (κ2) is 9.75. The van der Waals surface area contributed by atoms with Gasteiger partial charge in [0, 0.05) is 48.7 Å². The molecule has 1 saturated heterocycles. The van der Waals surface area contributed by atoms with Gasteiger partial charge in [0.2, 0.25) is 0 Å². The van der Waals surface area contributed by atoms with Crippen molar-refractivity contribution in [3.63, 3.8) is 0 Å². The van der Waals surface area contributed by atoms with Gasteiger partial charge < -0.3 is 15.0 Å². The first-order valence-electron chi connectivity index (χ1n) is 13.4. The summed E-state index contributed by atoms with van der Waals surface area (Å²) >= 11 is 0. The predicted octanol–water partition coefficient (Wildman–Crippen LogP) is 4.82. The highest BCUT2D eigenvalue weighted by Gasteiger charge is 2.39. The molecule has 8 nitrogen and oxygen atoms in total. The van der Waals surface area contributed by atoms with E-state index in [9.17, 15) is 9.18 Å². The van der Waals surface area contributed by atoms with E-state index in [2.05, 4.69) is 27.2 Å².